The lowest BCUT2D eigenvalue weighted by molar-refractivity contribution is 0.0934. The van der Waals surface area contributed by atoms with E-state index in [1.807, 2.05) is 0 Å². The molecular formula is C10H9ClFN5O. The van der Waals surface area contributed by atoms with Crippen molar-refractivity contribution in [3.8, 4) is 0 Å². The highest BCUT2D eigenvalue weighted by Gasteiger charge is 2.17. The van der Waals surface area contributed by atoms with Crippen LogP contribution in [0.3, 0.4) is 0 Å². The van der Waals surface area contributed by atoms with Gasteiger partial charge in [0.15, 0.2) is 5.82 Å². The maximum absolute atomic E-state index is 13.4. The Bertz CT molecular complexity index is 559. The third-order valence-corrected chi connectivity index (χ3v) is 2.50. The number of tetrazole rings is 1. The predicted octanol–water partition coefficient (Wildman–Crippen LogP) is 1.48. The third-order valence-electron chi connectivity index (χ3n) is 2.27. The lowest BCUT2D eigenvalue weighted by atomic mass is 10.2. The van der Waals surface area contributed by atoms with Crippen molar-refractivity contribution in [2.75, 3.05) is 0 Å². The van der Waals surface area contributed by atoms with Crippen LogP contribution in [0.15, 0.2) is 18.2 Å². The molecule has 0 radical (unpaired) electrons. The molecule has 94 valence electrons. The van der Waals surface area contributed by atoms with Crippen LogP contribution < -0.4 is 5.32 Å². The number of nitrogens with zero attached hydrogens (tertiary/aromatic N) is 3. The number of aromatic amines is 1. The normalized spacial score (nSPS) is 12.2. The van der Waals surface area contributed by atoms with Crippen LogP contribution in [0.4, 0.5) is 4.39 Å². The Balaban J connectivity index is 2.15. The number of hydrogen-bond donors (Lipinski definition) is 2. The molecule has 0 aliphatic rings. The summed E-state index contributed by atoms with van der Waals surface area (Å²) in [6.45, 7) is 1.66. The van der Waals surface area contributed by atoms with Gasteiger partial charge in [-0.05, 0) is 25.1 Å². The number of halogens is 2. The molecule has 0 fully saturated rings. The fourth-order valence-electron chi connectivity index (χ4n) is 1.36. The molecule has 1 atom stereocenters. The van der Waals surface area contributed by atoms with Crippen LogP contribution in [-0.2, 0) is 0 Å². The molecule has 0 bridgehead atoms. The summed E-state index contributed by atoms with van der Waals surface area (Å²) < 4.78 is 13.4. The smallest absolute Gasteiger partial charge is 0.254 e. The van der Waals surface area contributed by atoms with Gasteiger partial charge in [-0.3, -0.25) is 4.79 Å². The van der Waals surface area contributed by atoms with Crippen molar-refractivity contribution < 1.29 is 9.18 Å². The van der Waals surface area contributed by atoms with E-state index in [-0.39, 0.29) is 10.6 Å². The molecule has 2 rings (SSSR count). The second-order valence-electron chi connectivity index (χ2n) is 3.59. The van der Waals surface area contributed by atoms with E-state index in [1.165, 1.54) is 12.1 Å². The maximum atomic E-state index is 13.4. The molecule has 1 unspecified atom stereocenters. The minimum Gasteiger partial charge on any atom is -0.342 e. The number of nitrogens with one attached hydrogen (secondary N) is 2. The zero-order valence-electron chi connectivity index (χ0n) is 9.32. The first kappa shape index (κ1) is 12.4. The van der Waals surface area contributed by atoms with Gasteiger partial charge in [0.2, 0.25) is 0 Å². The Labute approximate surface area is 107 Å². The van der Waals surface area contributed by atoms with E-state index >= 15 is 0 Å². The van der Waals surface area contributed by atoms with E-state index in [2.05, 4.69) is 25.9 Å². The van der Waals surface area contributed by atoms with Crippen LogP contribution in [0.5, 0.6) is 0 Å². The van der Waals surface area contributed by atoms with E-state index in [1.54, 1.807) is 6.92 Å². The van der Waals surface area contributed by atoms with Crippen LogP contribution in [0.25, 0.3) is 0 Å². The van der Waals surface area contributed by atoms with Crippen molar-refractivity contribution in [2.24, 2.45) is 0 Å². The molecule has 1 aromatic carbocycles. The summed E-state index contributed by atoms with van der Waals surface area (Å²) in [7, 11) is 0. The highest BCUT2D eigenvalue weighted by atomic mass is 35.5. The monoisotopic (exact) mass is 269 g/mol. The molecule has 18 heavy (non-hydrogen) atoms. The predicted molar refractivity (Wildman–Crippen MR) is 61.5 cm³/mol. The first-order chi connectivity index (χ1) is 8.58. The minimum atomic E-state index is -0.641. The second kappa shape index (κ2) is 5.09. The molecule has 0 saturated heterocycles. The number of H-pyrrole nitrogens is 1. The number of rotatable bonds is 3. The maximum Gasteiger partial charge on any atom is 0.254 e. The number of amides is 1. The molecule has 1 aromatic heterocycles. The highest BCUT2D eigenvalue weighted by molar-refractivity contribution is 6.31. The molecule has 0 aliphatic heterocycles. The molecule has 0 spiro atoms. The van der Waals surface area contributed by atoms with E-state index < -0.39 is 17.8 Å². The molecule has 1 heterocycles. The number of benzene rings is 1. The Morgan fingerprint density at radius 2 is 2.33 bits per heavy atom. The Morgan fingerprint density at radius 1 is 1.56 bits per heavy atom. The van der Waals surface area contributed by atoms with Crippen molar-refractivity contribution in [1.82, 2.24) is 25.9 Å². The molecule has 6 nitrogen and oxygen atoms in total. The van der Waals surface area contributed by atoms with Gasteiger partial charge in [0, 0.05) is 5.02 Å². The Hall–Kier alpha value is -2.02. The topological polar surface area (TPSA) is 83.6 Å². The van der Waals surface area contributed by atoms with Crippen LogP contribution >= 0.6 is 11.6 Å². The van der Waals surface area contributed by atoms with E-state index in [9.17, 15) is 9.18 Å². The van der Waals surface area contributed by atoms with Gasteiger partial charge in [0.25, 0.3) is 5.91 Å². The van der Waals surface area contributed by atoms with Gasteiger partial charge < -0.3 is 5.32 Å². The number of aromatic nitrogens is 4. The zero-order valence-corrected chi connectivity index (χ0v) is 10.1. The number of carbonyl (C=O) groups excluding carboxylic acids is 1. The van der Waals surface area contributed by atoms with E-state index in [4.69, 9.17) is 11.6 Å². The molecule has 2 aromatic rings. The van der Waals surface area contributed by atoms with Gasteiger partial charge >= 0.3 is 0 Å². The van der Waals surface area contributed by atoms with Crippen molar-refractivity contribution >= 4 is 17.5 Å². The third kappa shape index (κ3) is 2.62. The van der Waals surface area contributed by atoms with Crippen LogP contribution in [0, 0.1) is 5.82 Å². The van der Waals surface area contributed by atoms with Crippen molar-refractivity contribution in [1.29, 1.82) is 0 Å². The molecule has 1 amide bonds. The lowest BCUT2D eigenvalue weighted by Gasteiger charge is -2.10. The van der Waals surface area contributed by atoms with Gasteiger partial charge in [0.05, 0.1) is 11.6 Å². The summed E-state index contributed by atoms with van der Waals surface area (Å²) >= 11 is 5.71. The van der Waals surface area contributed by atoms with Crippen LogP contribution in [0.2, 0.25) is 5.02 Å². The van der Waals surface area contributed by atoms with Gasteiger partial charge in [-0.2, -0.15) is 5.21 Å². The molecule has 0 saturated carbocycles. The quantitative estimate of drug-likeness (QED) is 0.884. The summed E-state index contributed by atoms with van der Waals surface area (Å²) in [5.41, 5.74) is -0.127. The van der Waals surface area contributed by atoms with E-state index in [0.29, 0.717) is 5.82 Å². The lowest BCUT2D eigenvalue weighted by Crippen LogP contribution is -2.28. The zero-order chi connectivity index (χ0) is 13.1. The second-order valence-corrected chi connectivity index (χ2v) is 4.03. The highest BCUT2D eigenvalue weighted by Crippen LogP contribution is 2.16. The average Bonchev–Trinajstić information content (AvgIpc) is 2.85. The first-order valence-corrected chi connectivity index (χ1v) is 5.45. The molecule has 8 heteroatoms. The van der Waals surface area contributed by atoms with Gasteiger partial charge in [-0.25, -0.2) is 4.39 Å². The van der Waals surface area contributed by atoms with E-state index in [0.717, 1.165) is 6.07 Å². The summed E-state index contributed by atoms with van der Waals surface area (Å²) in [4.78, 5) is 11.8. The van der Waals surface area contributed by atoms with Crippen molar-refractivity contribution in [3.63, 3.8) is 0 Å². The summed E-state index contributed by atoms with van der Waals surface area (Å²) in [6, 6.07) is 3.27. The summed E-state index contributed by atoms with van der Waals surface area (Å²) in [5.74, 6) is -0.921. The van der Waals surface area contributed by atoms with Crippen molar-refractivity contribution in [3.05, 3.63) is 40.4 Å². The fourth-order valence-corrected chi connectivity index (χ4v) is 1.54. The number of carbonyl (C=O) groups is 1. The molecular weight excluding hydrogens is 261 g/mol. The van der Waals surface area contributed by atoms with Crippen LogP contribution in [-0.4, -0.2) is 26.5 Å². The van der Waals surface area contributed by atoms with Gasteiger partial charge in [0.1, 0.15) is 5.82 Å². The van der Waals surface area contributed by atoms with Gasteiger partial charge in [-0.1, -0.05) is 16.8 Å². The number of hydrogen-bond acceptors (Lipinski definition) is 4. The standard InChI is InChI=1S/C10H9ClFN5O/c1-5(9-14-16-17-15-9)13-10(18)7-4-6(11)2-3-8(7)12/h2-5H,1H3,(H,13,18)(H,14,15,16,17). The summed E-state index contributed by atoms with van der Waals surface area (Å²) in [5, 5.41) is 15.9. The molecule has 0 aliphatic carbocycles. The molecule has 2 N–H and O–H groups in total. The summed E-state index contributed by atoms with van der Waals surface area (Å²) in [6.07, 6.45) is 0. The Morgan fingerprint density at radius 3 is 3.00 bits per heavy atom. The largest absolute Gasteiger partial charge is 0.342 e. The Kier molecular flexibility index (Phi) is 3.52. The first-order valence-electron chi connectivity index (χ1n) is 5.07. The fraction of sp³-hybridized carbons (Fsp3) is 0.200. The average molecular weight is 270 g/mol. The SMILES string of the molecule is CC(NC(=O)c1cc(Cl)ccc1F)c1nn[nH]n1. The van der Waals surface area contributed by atoms with Crippen LogP contribution in [0.1, 0.15) is 29.1 Å². The van der Waals surface area contributed by atoms with Gasteiger partial charge in [-0.15, -0.1) is 10.2 Å². The minimum absolute atomic E-state index is 0.127. The van der Waals surface area contributed by atoms with Crippen molar-refractivity contribution in [2.45, 2.75) is 13.0 Å².